The lowest BCUT2D eigenvalue weighted by atomic mass is 10.0. The van der Waals surface area contributed by atoms with E-state index in [1.807, 2.05) is 30.3 Å². The highest BCUT2D eigenvalue weighted by Crippen LogP contribution is 2.38. The minimum Gasteiger partial charge on any atom is -0.493 e. The highest BCUT2D eigenvalue weighted by Gasteiger charge is 2.22. The molecule has 2 heterocycles. The van der Waals surface area contributed by atoms with Crippen molar-refractivity contribution < 1.29 is 19.0 Å². The van der Waals surface area contributed by atoms with Crippen molar-refractivity contribution in [3.05, 3.63) is 58.6 Å². The van der Waals surface area contributed by atoms with E-state index in [0.717, 1.165) is 29.7 Å². The van der Waals surface area contributed by atoms with Crippen LogP contribution in [0.2, 0.25) is 5.02 Å². The number of hydrogen-bond acceptors (Lipinski definition) is 4. The molecule has 27 heavy (non-hydrogen) atoms. The summed E-state index contributed by atoms with van der Waals surface area (Å²) in [6.07, 6.45) is 4.78. The van der Waals surface area contributed by atoms with Crippen molar-refractivity contribution in [1.82, 2.24) is 5.32 Å². The Balaban J connectivity index is 1.47. The van der Waals surface area contributed by atoms with Crippen molar-refractivity contribution in [3.8, 4) is 17.2 Å². The summed E-state index contributed by atoms with van der Waals surface area (Å²) in [5, 5.41) is 3.52. The van der Waals surface area contributed by atoms with Gasteiger partial charge in [-0.3, -0.25) is 4.79 Å². The Bertz CT molecular complexity index is 880. The standard InChI is InChI=1S/C21H20ClNO4/c22-16-12-14(13-19-21(16)27-10-3-9-25-19)6-7-20(24)23-17-8-11-26-18-5-2-1-4-15(17)18/h1-2,4-7,12-13,17H,3,8-11H2,(H,23,24)/b7-6+/t17-/m0/s1. The van der Waals surface area contributed by atoms with Crippen LogP contribution in [0.1, 0.15) is 30.0 Å². The lowest BCUT2D eigenvalue weighted by Gasteiger charge is -2.26. The fraction of sp³-hybridized carbons (Fsp3) is 0.286. The van der Waals surface area contributed by atoms with Crippen molar-refractivity contribution in [1.29, 1.82) is 0 Å². The molecule has 5 nitrogen and oxygen atoms in total. The van der Waals surface area contributed by atoms with Crippen LogP contribution in [0.15, 0.2) is 42.5 Å². The molecule has 0 aliphatic carbocycles. The topological polar surface area (TPSA) is 56.8 Å². The summed E-state index contributed by atoms with van der Waals surface area (Å²) < 4.78 is 16.9. The maximum atomic E-state index is 12.4. The first-order chi connectivity index (χ1) is 13.2. The van der Waals surface area contributed by atoms with Gasteiger partial charge in [0.1, 0.15) is 5.75 Å². The van der Waals surface area contributed by atoms with E-state index in [2.05, 4.69) is 5.32 Å². The van der Waals surface area contributed by atoms with E-state index in [4.69, 9.17) is 25.8 Å². The molecule has 2 aliphatic heterocycles. The summed E-state index contributed by atoms with van der Waals surface area (Å²) in [4.78, 5) is 12.4. The third-order valence-electron chi connectivity index (χ3n) is 4.53. The zero-order valence-electron chi connectivity index (χ0n) is 14.7. The van der Waals surface area contributed by atoms with Crippen molar-refractivity contribution >= 4 is 23.6 Å². The van der Waals surface area contributed by atoms with Crippen LogP contribution in [-0.2, 0) is 4.79 Å². The number of fused-ring (bicyclic) bond motifs is 2. The molecule has 0 bridgehead atoms. The Morgan fingerprint density at radius 2 is 1.89 bits per heavy atom. The number of carbonyl (C=O) groups is 1. The number of halogens is 1. The molecule has 0 fully saturated rings. The van der Waals surface area contributed by atoms with E-state index in [1.165, 1.54) is 6.08 Å². The second kappa shape index (κ2) is 7.92. The number of benzene rings is 2. The monoisotopic (exact) mass is 385 g/mol. The van der Waals surface area contributed by atoms with Crippen molar-refractivity contribution in [2.45, 2.75) is 18.9 Å². The van der Waals surface area contributed by atoms with Crippen molar-refractivity contribution in [2.75, 3.05) is 19.8 Å². The van der Waals surface area contributed by atoms with E-state index in [0.29, 0.717) is 36.3 Å². The molecule has 0 aromatic heterocycles. The first-order valence-electron chi connectivity index (χ1n) is 9.00. The predicted molar refractivity (Wildman–Crippen MR) is 104 cm³/mol. The molecular formula is C21H20ClNO4. The van der Waals surface area contributed by atoms with Crippen molar-refractivity contribution in [2.24, 2.45) is 0 Å². The highest BCUT2D eigenvalue weighted by atomic mass is 35.5. The van der Waals surface area contributed by atoms with Gasteiger partial charge in [0, 0.05) is 24.5 Å². The Labute approximate surface area is 162 Å². The van der Waals surface area contributed by atoms with E-state index in [1.54, 1.807) is 12.1 Å². The van der Waals surface area contributed by atoms with Crippen LogP contribution in [-0.4, -0.2) is 25.7 Å². The summed E-state index contributed by atoms with van der Waals surface area (Å²) in [6, 6.07) is 11.3. The number of hydrogen-bond donors (Lipinski definition) is 1. The van der Waals surface area contributed by atoms with Crippen LogP contribution >= 0.6 is 11.6 Å². The van der Waals surface area contributed by atoms with Crippen molar-refractivity contribution in [3.63, 3.8) is 0 Å². The van der Waals surface area contributed by atoms with Gasteiger partial charge >= 0.3 is 0 Å². The molecule has 0 spiro atoms. The molecule has 1 N–H and O–H groups in total. The average molecular weight is 386 g/mol. The van der Waals surface area contributed by atoms with Crippen LogP contribution in [0.4, 0.5) is 0 Å². The second-order valence-electron chi connectivity index (χ2n) is 6.45. The van der Waals surface area contributed by atoms with Gasteiger partial charge in [-0.05, 0) is 29.8 Å². The minimum absolute atomic E-state index is 0.0560. The van der Waals surface area contributed by atoms with Crippen LogP contribution in [0, 0.1) is 0 Å². The molecule has 1 atom stereocenters. The van der Waals surface area contributed by atoms with Gasteiger partial charge in [0.25, 0.3) is 0 Å². The number of rotatable bonds is 3. The highest BCUT2D eigenvalue weighted by molar-refractivity contribution is 6.32. The van der Waals surface area contributed by atoms with Gasteiger partial charge in [0.2, 0.25) is 5.91 Å². The van der Waals surface area contributed by atoms with E-state index in [-0.39, 0.29) is 11.9 Å². The molecule has 2 aromatic rings. The Morgan fingerprint density at radius 3 is 2.81 bits per heavy atom. The summed E-state index contributed by atoms with van der Waals surface area (Å²) >= 11 is 6.29. The molecule has 140 valence electrons. The minimum atomic E-state index is -0.167. The number of para-hydroxylation sites is 1. The molecule has 0 unspecified atom stereocenters. The molecule has 6 heteroatoms. The predicted octanol–water partition coefficient (Wildman–Crippen LogP) is 4.15. The number of ether oxygens (including phenoxy) is 3. The molecule has 4 rings (SSSR count). The van der Waals surface area contributed by atoms with E-state index in [9.17, 15) is 4.79 Å². The second-order valence-corrected chi connectivity index (χ2v) is 6.86. The van der Waals surface area contributed by atoms with Gasteiger partial charge in [-0.1, -0.05) is 29.8 Å². The molecule has 0 saturated carbocycles. The normalized spacial score (nSPS) is 18.3. The van der Waals surface area contributed by atoms with Gasteiger partial charge in [0.05, 0.1) is 30.9 Å². The maximum absolute atomic E-state index is 12.4. The quantitative estimate of drug-likeness (QED) is 0.806. The smallest absolute Gasteiger partial charge is 0.244 e. The van der Waals surface area contributed by atoms with Gasteiger partial charge in [-0.15, -0.1) is 0 Å². The summed E-state index contributed by atoms with van der Waals surface area (Å²) in [5.41, 5.74) is 1.79. The van der Waals surface area contributed by atoms with E-state index >= 15 is 0 Å². The first kappa shape index (κ1) is 17.7. The van der Waals surface area contributed by atoms with Crippen LogP contribution in [0.3, 0.4) is 0 Å². The fourth-order valence-electron chi connectivity index (χ4n) is 3.23. The summed E-state index contributed by atoms with van der Waals surface area (Å²) in [7, 11) is 0. The molecule has 0 radical (unpaired) electrons. The lowest BCUT2D eigenvalue weighted by Crippen LogP contribution is -2.30. The number of amides is 1. The average Bonchev–Trinajstić information content (AvgIpc) is 2.93. The van der Waals surface area contributed by atoms with Crippen LogP contribution in [0.25, 0.3) is 6.08 Å². The zero-order chi connectivity index (χ0) is 18.6. The Morgan fingerprint density at radius 1 is 1.07 bits per heavy atom. The molecule has 0 saturated heterocycles. The molecular weight excluding hydrogens is 366 g/mol. The van der Waals surface area contributed by atoms with Crippen LogP contribution < -0.4 is 19.5 Å². The Kier molecular flexibility index (Phi) is 5.21. The third-order valence-corrected chi connectivity index (χ3v) is 4.81. The maximum Gasteiger partial charge on any atom is 0.244 e. The molecule has 2 aromatic carbocycles. The van der Waals surface area contributed by atoms with E-state index < -0.39 is 0 Å². The molecule has 2 aliphatic rings. The summed E-state index contributed by atoms with van der Waals surface area (Å²) in [6.45, 7) is 1.75. The van der Waals surface area contributed by atoms with Crippen LogP contribution in [0.5, 0.6) is 17.2 Å². The van der Waals surface area contributed by atoms with Gasteiger partial charge < -0.3 is 19.5 Å². The third kappa shape index (κ3) is 4.03. The van der Waals surface area contributed by atoms with Gasteiger partial charge in [-0.2, -0.15) is 0 Å². The molecule has 1 amide bonds. The lowest BCUT2D eigenvalue weighted by molar-refractivity contribution is -0.117. The Hall–Kier alpha value is -2.66. The van der Waals surface area contributed by atoms with Gasteiger partial charge in [-0.25, -0.2) is 0 Å². The zero-order valence-corrected chi connectivity index (χ0v) is 15.5. The van der Waals surface area contributed by atoms with Gasteiger partial charge in [0.15, 0.2) is 11.5 Å². The number of carbonyl (C=O) groups excluding carboxylic acids is 1. The first-order valence-corrected chi connectivity index (χ1v) is 9.38. The SMILES string of the molecule is O=C(/C=C/c1cc(Cl)c2c(c1)OCCCO2)N[C@H]1CCOc2ccccc21. The largest absolute Gasteiger partial charge is 0.493 e. The number of nitrogens with one attached hydrogen (secondary N) is 1. The fourth-order valence-corrected chi connectivity index (χ4v) is 3.50. The summed E-state index contributed by atoms with van der Waals surface area (Å²) in [5.74, 6) is 1.83.